The van der Waals surface area contributed by atoms with Crippen molar-refractivity contribution in [3.63, 3.8) is 0 Å². The first-order valence-corrected chi connectivity index (χ1v) is 10.3. The van der Waals surface area contributed by atoms with Crippen LogP contribution in [0.15, 0.2) is 48.5 Å². The van der Waals surface area contributed by atoms with Crippen LogP contribution in [0.25, 0.3) is 0 Å². The van der Waals surface area contributed by atoms with E-state index in [0.717, 1.165) is 16.3 Å². The van der Waals surface area contributed by atoms with Crippen LogP contribution in [0.2, 0.25) is 24.7 Å². The van der Waals surface area contributed by atoms with Gasteiger partial charge in [-0.25, -0.2) is 0 Å². The summed E-state index contributed by atoms with van der Waals surface area (Å²) in [5.41, 5.74) is 1.16. The van der Waals surface area contributed by atoms with E-state index in [9.17, 15) is 0 Å². The van der Waals surface area contributed by atoms with E-state index in [4.69, 9.17) is 16.3 Å². The van der Waals surface area contributed by atoms with Crippen molar-refractivity contribution in [2.24, 2.45) is 0 Å². The maximum absolute atomic E-state index is 6.18. The monoisotopic (exact) mass is 290 g/mol. The van der Waals surface area contributed by atoms with Gasteiger partial charge in [0.05, 0.1) is 8.07 Å². The highest BCUT2D eigenvalue weighted by atomic mass is 35.5. The Bertz CT molecular complexity index is 546. The SMILES string of the molecule is C[Si](C)(C)c1cc(Cl)cc(OCc2ccccc2)c1. The van der Waals surface area contributed by atoms with Crippen LogP contribution in [0.4, 0.5) is 0 Å². The molecule has 0 atom stereocenters. The lowest BCUT2D eigenvalue weighted by Crippen LogP contribution is -2.37. The van der Waals surface area contributed by atoms with Gasteiger partial charge in [-0.3, -0.25) is 0 Å². The number of halogens is 1. The van der Waals surface area contributed by atoms with E-state index in [2.05, 4.69) is 43.9 Å². The highest BCUT2D eigenvalue weighted by molar-refractivity contribution is 6.88. The van der Waals surface area contributed by atoms with Gasteiger partial charge in [-0.1, -0.05) is 66.8 Å². The van der Waals surface area contributed by atoms with E-state index in [1.165, 1.54) is 5.19 Å². The van der Waals surface area contributed by atoms with Gasteiger partial charge in [0.15, 0.2) is 0 Å². The van der Waals surface area contributed by atoms with Gasteiger partial charge < -0.3 is 4.74 Å². The van der Waals surface area contributed by atoms with Gasteiger partial charge in [-0.2, -0.15) is 0 Å². The van der Waals surface area contributed by atoms with Crippen LogP contribution < -0.4 is 9.92 Å². The molecule has 0 fully saturated rings. The predicted molar refractivity (Wildman–Crippen MR) is 85.2 cm³/mol. The summed E-state index contributed by atoms with van der Waals surface area (Å²) in [4.78, 5) is 0. The summed E-state index contributed by atoms with van der Waals surface area (Å²) in [6.07, 6.45) is 0. The van der Waals surface area contributed by atoms with E-state index >= 15 is 0 Å². The van der Waals surface area contributed by atoms with Crippen molar-refractivity contribution in [2.75, 3.05) is 0 Å². The molecule has 0 bridgehead atoms. The molecule has 0 aliphatic heterocycles. The van der Waals surface area contributed by atoms with Crippen molar-refractivity contribution < 1.29 is 4.74 Å². The zero-order valence-electron chi connectivity index (χ0n) is 11.6. The number of hydrogen-bond donors (Lipinski definition) is 0. The van der Waals surface area contributed by atoms with Crippen LogP contribution in [0.5, 0.6) is 5.75 Å². The lowest BCUT2D eigenvalue weighted by Gasteiger charge is -2.18. The van der Waals surface area contributed by atoms with Crippen molar-refractivity contribution in [1.82, 2.24) is 0 Å². The van der Waals surface area contributed by atoms with Crippen LogP contribution in [0.1, 0.15) is 5.56 Å². The Morgan fingerprint density at radius 2 is 1.68 bits per heavy atom. The predicted octanol–water partition coefficient (Wildman–Crippen LogP) is 4.46. The van der Waals surface area contributed by atoms with Crippen molar-refractivity contribution in [3.05, 3.63) is 59.1 Å². The van der Waals surface area contributed by atoms with E-state index in [1.54, 1.807) is 0 Å². The highest BCUT2D eigenvalue weighted by Crippen LogP contribution is 2.19. The Balaban J connectivity index is 2.15. The molecular formula is C16H19ClOSi. The maximum Gasteiger partial charge on any atom is 0.121 e. The van der Waals surface area contributed by atoms with Crippen LogP contribution in [0.3, 0.4) is 0 Å². The fraction of sp³-hybridized carbons (Fsp3) is 0.250. The number of hydrogen-bond acceptors (Lipinski definition) is 1. The minimum absolute atomic E-state index is 0.576. The lowest BCUT2D eigenvalue weighted by molar-refractivity contribution is 0.306. The molecule has 2 rings (SSSR count). The van der Waals surface area contributed by atoms with Crippen LogP contribution in [0, 0.1) is 0 Å². The molecule has 0 aliphatic carbocycles. The summed E-state index contributed by atoms with van der Waals surface area (Å²) in [6, 6.07) is 16.2. The first kappa shape index (κ1) is 14.2. The molecule has 0 saturated heterocycles. The topological polar surface area (TPSA) is 9.23 Å². The largest absolute Gasteiger partial charge is 0.489 e. The molecule has 2 aromatic carbocycles. The molecule has 0 spiro atoms. The van der Waals surface area contributed by atoms with Crippen LogP contribution in [-0.4, -0.2) is 8.07 Å². The molecular weight excluding hydrogens is 272 g/mol. The number of rotatable bonds is 4. The Kier molecular flexibility index (Phi) is 4.33. The second kappa shape index (κ2) is 5.80. The average Bonchev–Trinajstić information content (AvgIpc) is 2.36. The molecule has 0 unspecified atom stereocenters. The Hall–Kier alpha value is -1.25. The van der Waals surface area contributed by atoms with Crippen molar-refractivity contribution in [1.29, 1.82) is 0 Å². The third-order valence-electron chi connectivity index (χ3n) is 2.99. The summed E-state index contributed by atoms with van der Waals surface area (Å²) in [5, 5.41) is 2.08. The standard InChI is InChI=1S/C16H19ClOSi/c1-19(2,3)16-10-14(17)9-15(11-16)18-12-13-7-5-4-6-8-13/h4-11H,12H2,1-3H3. The van der Waals surface area contributed by atoms with Gasteiger partial charge in [-0.15, -0.1) is 0 Å². The molecule has 3 heteroatoms. The summed E-state index contributed by atoms with van der Waals surface area (Å²) in [6.45, 7) is 7.49. The number of ether oxygens (including phenoxy) is 1. The summed E-state index contributed by atoms with van der Waals surface area (Å²) in [5.74, 6) is 0.855. The first-order chi connectivity index (χ1) is 8.95. The van der Waals surface area contributed by atoms with Crippen molar-refractivity contribution in [3.8, 4) is 5.75 Å². The zero-order valence-corrected chi connectivity index (χ0v) is 13.4. The summed E-state index contributed by atoms with van der Waals surface area (Å²) < 4.78 is 5.85. The molecule has 0 aliphatic rings. The van der Waals surface area contributed by atoms with Gasteiger partial charge in [0, 0.05) is 5.02 Å². The van der Waals surface area contributed by atoms with E-state index in [-0.39, 0.29) is 0 Å². The molecule has 0 heterocycles. The quantitative estimate of drug-likeness (QED) is 0.755. The van der Waals surface area contributed by atoms with Gasteiger partial charge in [0.1, 0.15) is 12.4 Å². The maximum atomic E-state index is 6.18. The summed E-state index contributed by atoms with van der Waals surface area (Å²) in [7, 11) is -1.37. The molecule has 100 valence electrons. The van der Waals surface area contributed by atoms with Crippen molar-refractivity contribution in [2.45, 2.75) is 26.2 Å². The summed E-state index contributed by atoms with van der Waals surface area (Å²) >= 11 is 6.18. The second-order valence-corrected chi connectivity index (χ2v) is 11.2. The van der Waals surface area contributed by atoms with E-state index < -0.39 is 8.07 Å². The Morgan fingerprint density at radius 3 is 2.32 bits per heavy atom. The lowest BCUT2D eigenvalue weighted by atomic mass is 10.2. The fourth-order valence-electron chi connectivity index (χ4n) is 1.82. The fourth-order valence-corrected chi connectivity index (χ4v) is 3.30. The van der Waals surface area contributed by atoms with Gasteiger partial charge in [0.25, 0.3) is 0 Å². The first-order valence-electron chi connectivity index (χ1n) is 6.43. The van der Waals surface area contributed by atoms with E-state index in [0.29, 0.717) is 6.61 Å². The molecule has 19 heavy (non-hydrogen) atoms. The molecule has 0 saturated carbocycles. The van der Waals surface area contributed by atoms with Crippen molar-refractivity contribution >= 4 is 24.9 Å². The Morgan fingerprint density at radius 1 is 1.00 bits per heavy atom. The minimum atomic E-state index is -1.37. The number of benzene rings is 2. The van der Waals surface area contributed by atoms with Crippen LogP contribution >= 0.6 is 11.6 Å². The van der Waals surface area contributed by atoms with Gasteiger partial charge in [0.2, 0.25) is 0 Å². The molecule has 0 N–H and O–H groups in total. The van der Waals surface area contributed by atoms with Crippen LogP contribution in [-0.2, 0) is 6.61 Å². The molecule has 1 nitrogen and oxygen atoms in total. The normalized spacial score (nSPS) is 11.4. The molecule has 0 amide bonds. The minimum Gasteiger partial charge on any atom is -0.489 e. The molecule has 0 aromatic heterocycles. The van der Waals surface area contributed by atoms with E-state index in [1.807, 2.05) is 24.3 Å². The molecule has 2 aromatic rings. The Labute approximate surface area is 121 Å². The average molecular weight is 291 g/mol. The highest BCUT2D eigenvalue weighted by Gasteiger charge is 2.17. The van der Waals surface area contributed by atoms with Gasteiger partial charge in [-0.05, 0) is 23.8 Å². The zero-order chi connectivity index (χ0) is 13.9. The third-order valence-corrected chi connectivity index (χ3v) is 5.22. The second-order valence-electron chi connectivity index (χ2n) is 5.70. The molecule has 0 radical (unpaired) electrons. The van der Waals surface area contributed by atoms with Gasteiger partial charge >= 0.3 is 0 Å². The third kappa shape index (κ3) is 4.12. The smallest absolute Gasteiger partial charge is 0.121 e.